The Balaban J connectivity index is 1.58. The molecule has 0 aliphatic carbocycles. The van der Waals surface area contributed by atoms with E-state index in [-0.39, 0.29) is 37.4 Å². The highest BCUT2D eigenvalue weighted by atomic mass is 16.7. The minimum Gasteiger partial charge on any atom is -0.423 e. The summed E-state index contributed by atoms with van der Waals surface area (Å²) < 4.78 is 5.26. The summed E-state index contributed by atoms with van der Waals surface area (Å²) in [5.41, 5.74) is 0.687. The molecule has 35 heavy (non-hydrogen) atoms. The third-order valence-corrected chi connectivity index (χ3v) is 5.71. The van der Waals surface area contributed by atoms with Gasteiger partial charge >= 0.3 is 17.6 Å². The second-order valence-electron chi connectivity index (χ2n) is 8.13. The van der Waals surface area contributed by atoms with Gasteiger partial charge in [0.2, 0.25) is 0 Å². The van der Waals surface area contributed by atoms with Crippen LogP contribution in [-0.4, -0.2) is 60.0 Å². The van der Waals surface area contributed by atoms with Crippen molar-refractivity contribution in [3.05, 3.63) is 45.8 Å². The van der Waals surface area contributed by atoms with Crippen LogP contribution in [0.15, 0.2) is 33.5 Å². The van der Waals surface area contributed by atoms with E-state index in [1.54, 1.807) is 12.1 Å². The third kappa shape index (κ3) is 7.12. The van der Waals surface area contributed by atoms with Gasteiger partial charge < -0.3 is 24.8 Å². The van der Waals surface area contributed by atoms with E-state index in [0.717, 1.165) is 26.1 Å². The van der Waals surface area contributed by atoms with Crippen molar-refractivity contribution in [2.24, 2.45) is 0 Å². The first-order valence-electron chi connectivity index (χ1n) is 11.7. The summed E-state index contributed by atoms with van der Waals surface area (Å²) in [7, 11) is 0. The molecule has 1 saturated heterocycles. The monoisotopic (exact) mass is 486 g/mol. The topological polar surface area (TPSA) is 138 Å². The number of hydrogen-bond donors (Lipinski definition) is 2. The lowest BCUT2D eigenvalue weighted by molar-refractivity contribution is -0.197. The summed E-state index contributed by atoms with van der Waals surface area (Å²) >= 11 is 0. The van der Waals surface area contributed by atoms with Crippen molar-refractivity contribution in [3.63, 3.8) is 0 Å². The number of fused-ring (bicyclic) bond motifs is 1. The zero-order valence-corrected chi connectivity index (χ0v) is 19.9. The van der Waals surface area contributed by atoms with Gasteiger partial charge in [-0.2, -0.15) is 0 Å². The standard InChI is InChI=1S/C24H30N4O7/c1-3-27(4-2)11-5-10-25-24(33)26-15-17-14-22(31)34-19-12-16(6-7-18(17)19)13-23(32)35-28-20(29)8-9-21(28)30/h6-7,12,14H,3-5,8-11,13,15H2,1-2H3,(H2,25,26,33). The molecule has 11 heteroatoms. The number of hydroxylamine groups is 2. The van der Waals surface area contributed by atoms with Crippen molar-refractivity contribution in [2.45, 2.75) is 46.1 Å². The zero-order valence-electron chi connectivity index (χ0n) is 19.9. The van der Waals surface area contributed by atoms with E-state index in [0.29, 0.717) is 28.1 Å². The molecule has 0 saturated carbocycles. The van der Waals surface area contributed by atoms with Crippen molar-refractivity contribution in [3.8, 4) is 0 Å². The first-order chi connectivity index (χ1) is 16.8. The van der Waals surface area contributed by atoms with Crippen LogP contribution >= 0.6 is 0 Å². The Morgan fingerprint density at radius 2 is 1.77 bits per heavy atom. The van der Waals surface area contributed by atoms with Crippen LogP contribution in [0, 0.1) is 0 Å². The molecule has 2 aromatic rings. The van der Waals surface area contributed by atoms with E-state index in [1.165, 1.54) is 12.1 Å². The van der Waals surface area contributed by atoms with Crippen molar-refractivity contribution >= 4 is 34.8 Å². The number of carbonyl (C=O) groups excluding carboxylic acids is 4. The summed E-state index contributed by atoms with van der Waals surface area (Å²) in [6.45, 7) is 7.67. The summed E-state index contributed by atoms with van der Waals surface area (Å²) in [5, 5.41) is 6.64. The number of rotatable bonds is 11. The SMILES string of the molecule is CCN(CC)CCCNC(=O)NCc1cc(=O)oc2cc(CC(=O)ON3C(=O)CCC3=O)ccc12. The van der Waals surface area contributed by atoms with Gasteiger partial charge in [0.05, 0.1) is 6.42 Å². The van der Waals surface area contributed by atoms with Gasteiger partial charge in [-0.05, 0) is 43.2 Å². The maximum atomic E-state index is 12.2. The molecule has 4 amide bonds. The predicted molar refractivity (Wildman–Crippen MR) is 126 cm³/mol. The minimum atomic E-state index is -0.786. The molecule has 0 spiro atoms. The average molecular weight is 487 g/mol. The molecule has 2 heterocycles. The fraction of sp³-hybridized carbons (Fsp3) is 0.458. The number of benzene rings is 1. The quantitative estimate of drug-likeness (QED) is 0.277. The molecule has 2 N–H and O–H groups in total. The van der Waals surface area contributed by atoms with Gasteiger partial charge in [0.1, 0.15) is 5.58 Å². The molecule has 188 valence electrons. The predicted octanol–water partition coefficient (Wildman–Crippen LogP) is 1.47. The zero-order chi connectivity index (χ0) is 25.4. The van der Waals surface area contributed by atoms with E-state index in [1.807, 2.05) is 0 Å². The first kappa shape index (κ1) is 25.9. The lowest BCUT2D eigenvalue weighted by atomic mass is 10.1. The fourth-order valence-corrected chi connectivity index (χ4v) is 3.77. The molecule has 1 fully saturated rings. The Labute approximate surface area is 202 Å². The summed E-state index contributed by atoms with van der Waals surface area (Å²) in [6.07, 6.45) is 0.629. The second-order valence-corrected chi connectivity index (χ2v) is 8.13. The maximum absolute atomic E-state index is 12.2. The van der Waals surface area contributed by atoms with E-state index in [9.17, 15) is 24.0 Å². The normalized spacial score (nSPS) is 13.5. The van der Waals surface area contributed by atoms with Crippen molar-refractivity contribution in [2.75, 3.05) is 26.2 Å². The molecule has 1 aliphatic heterocycles. The highest BCUT2D eigenvalue weighted by Crippen LogP contribution is 2.20. The lowest BCUT2D eigenvalue weighted by Crippen LogP contribution is -2.37. The number of carbonyl (C=O) groups is 4. The highest BCUT2D eigenvalue weighted by molar-refractivity contribution is 6.01. The van der Waals surface area contributed by atoms with Gasteiger partial charge in [-0.3, -0.25) is 9.59 Å². The van der Waals surface area contributed by atoms with E-state index >= 15 is 0 Å². The van der Waals surface area contributed by atoms with Crippen LogP contribution in [0.4, 0.5) is 4.79 Å². The van der Waals surface area contributed by atoms with Crippen LogP contribution in [0.2, 0.25) is 0 Å². The van der Waals surface area contributed by atoms with Crippen LogP contribution in [0.1, 0.15) is 44.2 Å². The van der Waals surface area contributed by atoms with Gasteiger partial charge in [-0.1, -0.05) is 26.0 Å². The Kier molecular flexibility index (Phi) is 8.96. The van der Waals surface area contributed by atoms with Gasteiger partial charge in [-0.15, -0.1) is 5.06 Å². The number of nitrogens with zero attached hydrogens (tertiary/aromatic N) is 2. The van der Waals surface area contributed by atoms with Gasteiger partial charge in [-0.25, -0.2) is 14.4 Å². The van der Waals surface area contributed by atoms with Crippen LogP contribution in [0.25, 0.3) is 11.0 Å². The number of imide groups is 1. The number of amides is 4. The molecule has 0 bridgehead atoms. The number of hydrogen-bond acceptors (Lipinski definition) is 8. The van der Waals surface area contributed by atoms with Crippen LogP contribution < -0.4 is 16.3 Å². The molecule has 1 aliphatic rings. The molecular formula is C24H30N4O7. The number of urea groups is 1. The molecular weight excluding hydrogens is 456 g/mol. The molecule has 0 radical (unpaired) electrons. The first-order valence-corrected chi connectivity index (χ1v) is 11.7. The minimum absolute atomic E-state index is 0.0123. The Morgan fingerprint density at radius 3 is 2.46 bits per heavy atom. The second kappa shape index (κ2) is 12.1. The van der Waals surface area contributed by atoms with Crippen LogP contribution in [-0.2, 0) is 32.2 Å². The molecule has 0 atom stereocenters. The summed E-state index contributed by atoms with van der Waals surface area (Å²) in [4.78, 5) is 66.7. The van der Waals surface area contributed by atoms with Crippen LogP contribution in [0.3, 0.4) is 0 Å². The van der Waals surface area contributed by atoms with Gasteiger partial charge in [0.25, 0.3) is 11.8 Å². The molecule has 11 nitrogen and oxygen atoms in total. The third-order valence-electron chi connectivity index (χ3n) is 5.71. The summed E-state index contributed by atoms with van der Waals surface area (Å²) in [5.74, 6) is -1.90. The average Bonchev–Trinajstić information content (AvgIpc) is 3.14. The van der Waals surface area contributed by atoms with Crippen molar-refractivity contribution in [1.82, 2.24) is 20.6 Å². The van der Waals surface area contributed by atoms with Crippen molar-refractivity contribution < 1.29 is 28.4 Å². The highest BCUT2D eigenvalue weighted by Gasteiger charge is 2.32. The Morgan fingerprint density at radius 1 is 1.06 bits per heavy atom. The largest absolute Gasteiger partial charge is 0.423 e. The molecule has 0 unspecified atom stereocenters. The Hall–Kier alpha value is -3.73. The van der Waals surface area contributed by atoms with Gasteiger partial charge in [0.15, 0.2) is 0 Å². The maximum Gasteiger partial charge on any atom is 0.337 e. The molecule has 1 aromatic carbocycles. The van der Waals surface area contributed by atoms with Crippen molar-refractivity contribution in [1.29, 1.82) is 0 Å². The molecule has 3 rings (SSSR count). The fourth-order valence-electron chi connectivity index (χ4n) is 3.77. The molecule has 1 aromatic heterocycles. The van der Waals surface area contributed by atoms with E-state index in [4.69, 9.17) is 9.25 Å². The van der Waals surface area contributed by atoms with Gasteiger partial charge in [0, 0.05) is 37.4 Å². The van der Waals surface area contributed by atoms with E-state index in [2.05, 4.69) is 29.4 Å². The lowest BCUT2D eigenvalue weighted by Gasteiger charge is -2.17. The van der Waals surface area contributed by atoms with Crippen LogP contribution in [0.5, 0.6) is 0 Å². The summed E-state index contributed by atoms with van der Waals surface area (Å²) in [6, 6.07) is 5.81. The smallest absolute Gasteiger partial charge is 0.337 e. The number of nitrogens with one attached hydrogen (secondary N) is 2. The Bertz CT molecular complexity index is 1140. The van der Waals surface area contributed by atoms with E-state index < -0.39 is 23.4 Å².